The molecule has 1 saturated heterocycles. The number of fused-ring (bicyclic) bond motifs is 1. The first-order valence-electron chi connectivity index (χ1n) is 11.0. The fourth-order valence-electron chi connectivity index (χ4n) is 3.87. The van der Waals surface area contributed by atoms with E-state index >= 15 is 0 Å². The van der Waals surface area contributed by atoms with Gasteiger partial charge in [-0.2, -0.15) is 10.2 Å². The average Bonchev–Trinajstić information content (AvgIpc) is 3.21. The minimum Gasteiger partial charge on any atom is -0.492 e. The summed E-state index contributed by atoms with van der Waals surface area (Å²) in [4.78, 5) is 15.2. The summed E-state index contributed by atoms with van der Waals surface area (Å²) in [5.41, 5.74) is 3.07. The van der Waals surface area contributed by atoms with E-state index in [0.717, 1.165) is 11.4 Å². The van der Waals surface area contributed by atoms with Crippen LogP contribution in [0.1, 0.15) is 18.2 Å². The predicted molar refractivity (Wildman–Crippen MR) is 129 cm³/mol. The van der Waals surface area contributed by atoms with Crippen LogP contribution in [0.4, 0.5) is 17.3 Å². The van der Waals surface area contributed by atoms with Gasteiger partial charge in [0.15, 0.2) is 23.0 Å². The summed E-state index contributed by atoms with van der Waals surface area (Å²) >= 11 is 0. The van der Waals surface area contributed by atoms with Crippen molar-refractivity contribution in [3.05, 3.63) is 60.4 Å². The minimum atomic E-state index is 0.0403. The highest BCUT2D eigenvalue weighted by Crippen LogP contribution is 2.31. The molecule has 0 aromatic carbocycles. The Kier molecular flexibility index (Phi) is 5.62. The first kappa shape index (κ1) is 22.1. The summed E-state index contributed by atoms with van der Waals surface area (Å²) < 4.78 is 13.4. The molecule has 1 aliphatic heterocycles. The molecule has 1 fully saturated rings. The largest absolute Gasteiger partial charge is 0.492 e. The highest BCUT2D eigenvalue weighted by Gasteiger charge is 2.21. The molecular weight excluding hydrogens is 446 g/mol. The van der Waals surface area contributed by atoms with Crippen molar-refractivity contribution in [3.63, 3.8) is 0 Å². The lowest BCUT2D eigenvalue weighted by molar-refractivity contribution is 0.113. The van der Waals surface area contributed by atoms with E-state index in [1.54, 1.807) is 23.0 Å². The molecule has 0 spiro atoms. The maximum atomic E-state index is 9.05. The van der Waals surface area contributed by atoms with Gasteiger partial charge in [0.05, 0.1) is 31.3 Å². The van der Waals surface area contributed by atoms with Crippen molar-refractivity contribution in [2.45, 2.75) is 20.0 Å². The fourth-order valence-corrected chi connectivity index (χ4v) is 3.87. The SMILES string of the molecule is C=C1CN(c2ccc(Nc3cc(Oc4cnc(C#N)cc4C)nc4c3ncn4C)nn2)C[C@@H](C)O1. The maximum Gasteiger partial charge on any atom is 0.223 e. The van der Waals surface area contributed by atoms with E-state index in [4.69, 9.17) is 14.7 Å². The van der Waals surface area contributed by atoms with Gasteiger partial charge >= 0.3 is 0 Å². The molecule has 1 atom stereocenters. The van der Waals surface area contributed by atoms with Gasteiger partial charge in [-0.1, -0.05) is 6.58 Å². The summed E-state index contributed by atoms with van der Waals surface area (Å²) in [6.07, 6.45) is 3.24. The number of aromatic nitrogens is 6. The van der Waals surface area contributed by atoms with E-state index < -0.39 is 0 Å². The van der Waals surface area contributed by atoms with Crippen molar-refractivity contribution in [1.82, 2.24) is 29.7 Å². The Bertz CT molecular complexity index is 1460. The molecule has 4 aromatic rings. The lowest BCUT2D eigenvalue weighted by atomic mass is 10.2. The summed E-state index contributed by atoms with van der Waals surface area (Å²) in [5.74, 6) is 2.87. The van der Waals surface area contributed by atoms with Gasteiger partial charge in [-0.15, -0.1) is 10.2 Å². The Balaban J connectivity index is 1.42. The number of aryl methyl sites for hydroxylation is 2. The first-order valence-corrected chi connectivity index (χ1v) is 11.0. The van der Waals surface area contributed by atoms with Crippen LogP contribution >= 0.6 is 0 Å². The molecule has 0 bridgehead atoms. The Hall–Kier alpha value is -4.72. The van der Waals surface area contributed by atoms with Crippen LogP contribution in [0.15, 0.2) is 49.1 Å². The highest BCUT2D eigenvalue weighted by atomic mass is 16.5. The summed E-state index contributed by atoms with van der Waals surface area (Å²) in [6.45, 7) is 9.06. The Morgan fingerprint density at radius 1 is 1.26 bits per heavy atom. The van der Waals surface area contributed by atoms with Crippen molar-refractivity contribution >= 4 is 28.5 Å². The average molecular weight is 470 g/mol. The monoisotopic (exact) mass is 469 g/mol. The van der Waals surface area contributed by atoms with Gasteiger partial charge in [0.2, 0.25) is 5.88 Å². The Morgan fingerprint density at radius 2 is 2.11 bits per heavy atom. The first-order chi connectivity index (χ1) is 16.9. The zero-order valence-corrected chi connectivity index (χ0v) is 19.6. The van der Waals surface area contributed by atoms with Gasteiger partial charge in [0.1, 0.15) is 29.1 Å². The fraction of sp³-hybridized carbons (Fsp3) is 0.250. The number of hydrogen-bond donors (Lipinski definition) is 1. The lowest BCUT2D eigenvalue weighted by Gasteiger charge is -2.33. The summed E-state index contributed by atoms with van der Waals surface area (Å²) in [6, 6.07) is 9.19. The number of pyridine rings is 2. The maximum absolute atomic E-state index is 9.05. The molecule has 0 unspecified atom stereocenters. The molecule has 1 N–H and O–H groups in total. The lowest BCUT2D eigenvalue weighted by Crippen LogP contribution is -2.40. The molecule has 0 aliphatic carbocycles. The predicted octanol–water partition coefficient (Wildman–Crippen LogP) is 3.61. The molecule has 1 aliphatic rings. The molecule has 35 heavy (non-hydrogen) atoms. The van der Waals surface area contributed by atoms with Crippen LogP contribution < -0.4 is 15.0 Å². The second-order valence-corrected chi connectivity index (χ2v) is 8.33. The van der Waals surface area contributed by atoms with Crippen LogP contribution in [0.3, 0.4) is 0 Å². The molecule has 5 heterocycles. The molecule has 4 aromatic heterocycles. The van der Waals surface area contributed by atoms with Crippen molar-refractivity contribution in [2.75, 3.05) is 23.3 Å². The number of ether oxygens (including phenoxy) is 2. The van der Waals surface area contributed by atoms with Crippen LogP contribution in [0.2, 0.25) is 0 Å². The number of nitriles is 1. The van der Waals surface area contributed by atoms with Crippen molar-refractivity contribution in [2.24, 2.45) is 7.05 Å². The molecular formula is C24H23N9O2. The van der Waals surface area contributed by atoms with Gasteiger partial charge in [-0.25, -0.2) is 9.97 Å². The number of nitrogens with one attached hydrogen (secondary N) is 1. The Morgan fingerprint density at radius 3 is 2.83 bits per heavy atom. The standard InChI is InChI=1S/C24H23N9O2/c1-14-7-17(9-25)26-10-19(14)35-22-8-18(23-24(29-22)32(4)13-27-23)28-20-5-6-21(31-30-20)33-11-15(2)34-16(3)12-33/h5-8,10,13,16H,2,11-12H2,1,3-4H3,(H,28,29,30)/t16-/m1/s1. The zero-order valence-electron chi connectivity index (χ0n) is 19.6. The van der Waals surface area contributed by atoms with Gasteiger partial charge < -0.3 is 24.3 Å². The van der Waals surface area contributed by atoms with Gasteiger partial charge in [0, 0.05) is 13.1 Å². The molecule has 0 amide bonds. The Labute approximate surface area is 201 Å². The molecule has 176 valence electrons. The smallest absolute Gasteiger partial charge is 0.223 e. The number of nitrogens with zero attached hydrogens (tertiary/aromatic N) is 8. The van der Waals surface area contributed by atoms with E-state index in [0.29, 0.717) is 58.8 Å². The van der Waals surface area contributed by atoms with Crippen LogP contribution in [-0.2, 0) is 11.8 Å². The molecule has 5 rings (SSSR count). The molecule has 0 saturated carbocycles. The van der Waals surface area contributed by atoms with Crippen LogP contribution in [0.5, 0.6) is 11.6 Å². The van der Waals surface area contributed by atoms with E-state index in [1.807, 2.05) is 39.1 Å². The van der Waals surface area contributed by atoms with Crippen LogP contribution in [0, 0.1) is 18.3 Å². The highest BCUT2D eigenvalue weighted by molar-refractivity contribution is 5.88. The van der Waals surface area contributed by atoms with Crippen molar-refractivity contribution in [3.8, 4) is 17.7 Å². The summed E-state index contributed by atoms with van der Waals surface area (Å²) in [7, 11) is 1.86. The van der Waals surface area contributed by atoms with Gasteiger partial charge in [-0.3, -0.25) is 0 Å². The van der Waals surface area contributed by atoms with E-state index in [2.05, 4.69) is 41.9 Å². The second-order valence-electron chi connectivity index (χ2n) is 8.33. The van der Waals surface area contributed by atoms with E-state index in [9.17, 15) is 0 Å². The third kappa shape index (κ3) is 4.54. The molecule has 11 heteroatoms. The topological polar surface area (TPSA) is 127 Å². The second kappa shape index (κ2) is 8.90. The van der Waals surface area contributed by atoms with Crippen molar-refractivity contribution in [1.29, 1.82) is 5.26 Å². The number of morpholine rings is 1. The van der Waals surface area contributed by atoms with Crippen LogP contribution in [-0.4, -0.2) is 48.9 Å². The van der Waals surface area contributed by atoms with E-state index in [-0.39, 0.29) is 6.10 Å². The van der Waals surface area contributed by atoms with Gasteiger partial charge in [-0.05, 0) is 37.6 Å². The number of anilines is 3. The third-order valence-corrected chi connectivity index (χ3v) is 5.49. The molecule has 0 radical (unpaired) electrons. The zero-order chi connectivity index (χ0) is 24.5. The van der Waals surface area contributed by atoms with E-state index in [1.165, 1.54) is 6.20 Å². The quantitative estimate of drug-likeness (QED) is 0.463. The molecule has 11 nitrogen and oxygen atoms in total. The normalized spacial score (nSPS) is 15.5. The summed E-state index contributed by atoms with van der Waals surface area (Å²) in [5, 5.41) is 21.1. The van der Waals surface area contributed by atoms with Crippen LogP contribution in [0.25, 0.3) is 11.2 Å². The van der Waals surface area contributed by atoms with Crippen molar-refractivity contribution < 1.29 is 9.47 Å². The number of hydrogen-bond acceptors (Lipinski definition) is 10. The van der Waals surface area contributed by atoms with Gasteiger partial charge in [0.25, 0.3) is 0 Å². The number of imidazole rings is 1. The third-order valence-electron chi connectivity index (χ3n) is 5.49. The minimum absolute atomic E-state index is 0.0403. The number of rotatable bonds is 5.